The molecule has 3 aromatic carbocycles. The first kappa shape index (κ1) is 20.1. The number of imidazole rings is 1. The van der Waals surface area contributed by atoms with Crippen molar-refractivity contribution in [1.82, 2.24) is 9.38 Å². The molecule has 2 aromatic heterocycles. The fourth-order valence-corrected chi connectivity index (χ4v) is 4.99. The van der Waals surface area contributed by atoms with Crippen LogP contribution in [0.25, 0.3) is 33.6 Å². The van der Waals surface area contributed by atoms with Gasteiger partial charge in [-0.25, -0.2) is 9.38 Å². The largest absolute Gasteiger partial charge is 0.454 e. The summed E-state index contributed by atoms with van der Waals surface area (Å²) in [5.41, 5.74) is 2.94. The first-order valence-corrected chi connectivity index (χ1v) is 11.2. The Morgan fingerprint density at radius 1 is 0.971 bits per heavy atom. The van der Waals surface area contributed by atoms with Crippen LogP contribution >= 0.6 is 11.3 Å². The van der Waals surface area contributed by atoms with Gasteiger partial charge in [0.1, 0.15) is 0 Å². The molecule has 5 aromatic rings. The summed E-state index contributed by atoms with van der Waals surface area (Å²) in [6.45, 7) is -0.00172. The molecule has 0 saturated heterocycles. The molecule has 0 saturated carbocycles. The Bertz CT molecular complexity index is 1680. The zero-order valence-corrected chi connectivity index (χ0v) is 18.3. The second-order valence-corrected chi connectivity index (χ2v) is 8.61. The molecule has 166 valence electrons. The number of nitro groups is 1. The van der Waals surface area contributed by atoms with Crippen LogP contribution in [-0.2, 0) is 0 Å². The molecule has 0 spiro atoms. The standard InChI is InChI=1S/C25H15N3O5S/c29-24-21(12-17-11-19-20(33-14-32-19)13-18(17)28(30)31)34-25-26-22(15-7-3-1-4-8-15)23(27(24)25)16-9-5-2-6-10-16/h1-13H,14H2/b21-12+. The van der Waals surface area contributed by atoms with Crippen molar-refractivity contribution in [1.29, 1.82) is 0 Å². The number of hydrogen-bond acceptors (Lipinski definition) is 7. The molecule has 9 heteroatoms. The Labute approximate surface area is 196 Å². The summed E-state index contributed by atoms with van der Waals surface area (Å²) in [6, 6.07) is 22.1. The zero-order valence-electron chi connectivity index (χ0n) is 17.5. The Hall–Kier alpha value is -4.50. The molecule has 0 fully saturated rings. The molecular formula is C25H15N3O5S. The minimum absolute atomic E-state index is 0.00172. The smallest absolute Gasteiger partial charge is 0.280 e. The lowest BCUT2D eigenvalue weighted by Gasteiger charge is -2.04. The lowest BCUT2D eigenvalue weighted by atomic mass is 10.1. The van der Waals surface area contributed by atoms with E-state index < -0.39 is 4.92 Å². The summed E-state index contributed by atoms with van der Waals surface area (Å²) in [5, 5.41) is 11.7. The molecule has 1 aliphatic heterocycles. The van der Waals surface area contributed by atoms with Crippen molar-refractivity contribution in [3.8, 4) is 34.0 Å². The normalized spacial score (nSPS) is 13.0. The molecule has 3 heterocycles. The zero-order chi connectivity index (χ0) is 23.2. The predicted molar refractivity (Wildman–Crippen MR) is 128 cm³/mol. The number of benzene rings is 3. The van der Waals surface area contributed by atoms with Crippen LogP contribution < -0.4 is 19.6 Å². The van der Waals surface area contributed by atoms with Gasteiger partial charge in [0.25, 0.3) is 11.2 Å². The van der Waals surface area contributed by atoms with E-state index >= 15 is 0 Å². The van der Waals surface area contributed by atoms with E-state index in [1.165, 1.54) is 29.5 Å². The van der Waals surface area contributed by atoms with Gasteiger partial charge in [0, 0.05) is 11.1 Å². The Balaban J connectivity index is 1.61. The topological polar surface area (TPSA) is 96.0 Å². The van der Waals surface area contributed by atoms with Gasteiger partial charge in [-0.3, -0.25) is 14.9 Å². The van der Waals surface area contributed by atoms with Gasteiger partial charge in [0.05, 0.1) is 32.5 Å². The SMILES string of the molecule is O=c1/c(=C\c2cc3c(cc2[N+](=O)[O-])OCO3)sc2nc(-c3ccccc3)c(-c3ccccc3)n12. The van der Waals surface area contributed by atoms with E-state index in [1.807, 2.05) is 60.7 Å². The van der Waals surface area contributed by atoms with E-state index in [-0.39, 0.29) is 23.6 Å². The van der Waals surface area contributed by atoms with Crippen LogP contribution in [0.2, 0.25) is 0 Å². The third-order valence-corrected chi connectivity index (χ3v) is 6.53. The van der Waals surface area contributed by atoms with Gasteiger partial charge >= 0.3 is 0 Å². The molecule has 0 unspecified atom stereocenters. The van der Waals surface area contributed by atoms with E-state index in [0.717, 1.165) is 11.1 Å². The van der Waals surface area contributed by atoms with E-state index in [0.29, 0.717) is 32.4 Å². The number of nitro benzene ring substituents is 1. The van der Waals surface area contributed by atoms with Crippen molar-refractivity contribution in [2.75, 3.05) is 6.79 Å². The average molecular weight is 469 g/mol. The first-order valence-electron chi connectivity index (χ1n) is 10.4. The molecule has 0 aliphatic carbocycles. The number of nitrogens with zero attached hydrogens (tertiary/aromatic N) is 3. The fourth-order valence-electron chi connectivity index (χ4n) is 4.02. The maximum atomic E-state index is 13.6. The van der Waals surface area contributed by atoms with E-state index in [9.17, 15) is 14.9 Å². The third-order valence-electron chi connectivity index (χ3n) is 5.56. The number of thiazole rings is 1. The van der Waals surface area contributed by atoms with Crippen LogP contribution in [0, 0.1) is 10.1 Å². The molecule has 0 N–H and O–H groups in total. The summed E-state index contributed by atoms with van der Waals surface area (Å²) in [7, 11) is 0. The van der Waals surface area contributed by atoms with E-state index in [2.05, 4.69) is 0 Å². The van der Waals surface area contributed by atoms with Crippen molar-refractivity contribution in [2.24, 2.45) is 0 Å². The Morgan fingerprint density at radius 3 is 2.29 bits per heavy atom. The molecule has 6 rings (SSSR count). The van der Waals surface area contributed by atoms with Crippen molar-refractivity contribution in [3.63, 3.8) is 0 Å². The van der Waals surface area contributed by atoms with Crippen LogP contribution in [0.1, 0.15) is 5.56 Å². The van der Waals surface area contributed by atoms with Crippen LogP contribution in [-0.4, -0.2) is 21.1 Å². The van der Waals surface area contributed by atoms with Crippen LogP contribution in [0.5, 0.6) is 11.5 Å². The van der Waals surface area contributed by atoms with Crippen LogP contribution in [0.4, 0.5) is 5.69 Å². The van der Waals surface area contributed by atoms with Gasteiger partial charge in [0.15, 0.2) is 16.5 Å². The minimum Gasteiger partial charge on any atom is -0.454 e. The second-order valence-electron chi connectivity index (χ2n) is 7.60. The van der Waals surface area contributed by atoms with Gasteiger partial charge in [-0.1, -0.05) is 72.0 Å². The lowest BCUT2D eigenvalue weighted by Crippen LogP contribution is -2.23. The summed E-state index contributed by atoms with van der Waals surface area (Å²) in [4.78, 5) is 30.0. The Morgan fingerprint density at radius 2 is 1.62 bits per heavy atom. The summed E-state index contributed by atoms with van der Waals surface area (Å²) >= 11 is 1.19. The number of hydrogen-bond donors (Lipinski definition) is 0. The van der Waals surface area contributed by atoms with Gasteiger partial charge in [-0.05, 0) is 12.1 Å². The maximum absolute atomic E-state index is 13.6. The van der Waals surface area contributed by atoms with Gasteiger partial charge in [0.2, 0.25) is 6.79 Å². The third kappa shape index (κ3) is 3.22. The summed E-state index contributed by atoms with van der Waals surface area (Å²) in [6.07, 6.45) is 1.51. The molecule has 0 radical (unpaired) electrons. The predicted octanol–water partition coefficient (Wildman–Crippen LogP) is 4.27. The number of ether oxygens (including phenoxy) is 2. The summed E-state index contributed by atoms with van der Waals surface area (Å²) in [5.74, 6) is 0.716. The monoisotopic (exact) mass is 469 g/mol. The van der Waals surface area contributed by atoms with Crippen LogP contribution in [0.3, 0.4) is 0 Å². The first-order chi connectivity index (χ1) is 16.6. The minimum atomic E-state index is -0.500. The quantitative estimate of drug-likeness (QED) is 0.288. The summed E-state index contributed by atoms with van der Waals surface area (Å²) < 4.78 is 12.5. The van der Waals surface area contributed by atoms with Crippen molar-refractivity contribution >= 4 is 28.1 Å². The number of aromatic nitrogens is 2. The molecule has 0 amide bonds. The number of fused-ring (bicyclic) bond motifs is 2. The molecule has 0 bridgehead atoms. The van der Waals surface area contributed by atoms with Crippen molar-refractivity contribution in [2.45, 2.75) is 0 Å². The van der Waals surface area contributed by atoms with Crippen molar-refractivity contribution < 1.29 is 14.4 Å². The van der Waals surface area contributed by atoms with E-state index in [1.54, 1.807) is 4.40 Å². The average Bonchev–Trinajstić information content (AvgIpc) is 3.54. The van der Waals surface area contributed by atoms with E-state index in [4.69, 9.17) is 14.5 Å². The fraction of sp³-hybridized carbons (Fsp3) is 0.0400. The Kier molecular flexibility index (Phi) is 4.63. The molecule has 8 nitrogen and oxygen atoms in total. The van der Waals surface area contributed by atoms with Crippen LogP contribution in [0.15, 0.2) is 77.6 Å². The van der Waals surface area contributed by atoms with Gasteiger partial charge < -0.3 is 9.47 Å². The lowest BCUT2D eigenvalue weighted by molar-refractivity contribution is -0.385. The molecule has 34 heavy (non-hydrogen) atoms. The highest BCUT2D eigenvalue weighted by molar-refractivity contribution is 7.15. The maximum Gasteiger partial charge on any atom is 0.280 e. The highest BCUT2D eigenvalue weighted by atomic mass is 32.1. The van der Waals surface area contributed by atoms with Gasteiger partial charge in [-0.2, -0.15) is 0 Å². The highest BCUT2D eigenvalue weighted by Crippen LogP contribution is 2.38. The molecular weight excluding hydrogens is 454 g/mol. The van der Waals surface area contributed by atoms with Crippen molar-refractivity contribution in [3.05, 3.63) is 103 Å². The highest BCUT2D eigenvalue weighted by Gasteiger charge is 2.24. The second kappa shape index (κ2) is 7.82. The van der Waals surface area contributed by atoms with Gasteiger partial charge in [-0.15, -0.1) is 0 Å². The molecule has 0 atom stereocenters. The molecule has 1 aliphatic rings. The number of rotatable bonds is 4.